The van der Waals surface area contributed by atoms with Crippen molar-refractivity contribution in [3.05, 3.63) is 24.3 Å². The maximum absolute atomic E-state index is 11.9. The lowest BCUT2D eigenvalue weighted by molar-refractivity contribution is -0.119. The molecule has 1 atom stereocenters. The second-order valence-electron chi connectivity index (χ2n) is 4.94. The van der Waals surface area contributed by atoms with Crippen LogP contribution in [0.4, 0.5) is 0 Å². The number of benzene rings is 1. The van der Waals surface area contributed by atoms with Crippen LogP contribution in [0, 0.1) is 0 Å². The van der Waals surface area contributed by atoms with E-state index < -0.39 is 0 Å². The lowest BCUT2D eigenvalue weighted by Gasteiger charge is -2.12. The Balaban J connectivity index is 1.96. The van der Waals surface area contributed by atoms with Crippen LogP contribution in [-0.2, 0) is 4.79 Å². The number of aromatic nitrogens is 4. The van der Waals surface area contributed by atoms with E-state index in [1.54, 1.807) is 24.3 Å². The normalized spacial score (nSPS) is 12.1. The Hall–Kier alpha value is -2.09. The Bertz CT molecular complexity index is 614. The third-order valence-electron chi connectivity index (χ3n) is 3.00. The minimum atomic E-state index is -0.0359. The van der Waals surface area contributed by atoms with Crippen LogP contribution in [0.3, 0.4) is 0 Å². The predicted octanol–water partition coefficient (Wildman–Crippen LogP) is 1.76. The number of aromatic hydroxyl groups is 1. The van der Waals surface area contributed by atoms with Gasteiger partial charge in [-0.2, -0.15) is 4.68 Å². The van der Waals surface area contributed by atoms with Gasteiger partial charge in [-0.15, -0.1) is 5.10 Å². The first kappa shape index (κ1) is 16.3. The Kier molecular flexibility index (Phi) is 5.76. The number of hydrogen-bond donors (Lipinski definition) is 2. The number of amides is 1. The molecule has 2 N–H and O–H groups in total. The van der Waals surface area contributed by atoms with E-state index >= 15 is 0 Å². The quantitative estimate of drug-likeness (QED) is 0.755. The number of carbonyl (C=O) groups is 1. The van der Waals surface area contributed by atoms with E-state index in [0.717, 1.165) is 18.5 Å². The summed E-state index contributed by atoms with van der Waals surface area (Å²) in [5.41, 5.74) is 0.727. The second-order valence-corrected chi connectivity index (χ2v) is 5.88. The van der Waals surface area contributed by atoms with E-state index in [0.29, 0.717) is 5.16 Å². The molecular formula is C14H19N5O2S. The van der Waals surface area contributed by atoms with Crippen molar-refractivity contribution in [3.8, 4) is 11.4 Å². The van der Waals surface area contributed by atoms with E-state index in [1.165, 1.54) is 16.4 Å². The molecule has 0 saturated heterocycles. The molecule has 0 aliphatic rings. The molecule has 118 valence electrons. The zero-order valence-corrected chi connectivity index (χ0v) is 13.4. The summed E-state index contributed by atoms with van der Waals surface area (Å²) in [5.74, 6) is 0.397. The van der Waals surface area contributed by atoms with Crippen molar-refractivity contribution >= 4 is 17.7 Å². The third kappa shape index (κ3) is 4.45. The van der Waals surface area contributed by atoms with Crippen LogP contribution >= 0.6 is 11.8 Å². The number of nitrogens with zero attached hydrogens (tertiary/aromatic N) is 4. The molecule has 2 aromatic rings. The smallest absolute Gasteiger partial charge is 0.230 e. The summed E-state index contributed by atoms with van der Waals surface area (Å²) < 4.78 is 1.53. The van der Waals surface area contributed by atoms with Crippen molar-refractivity contribution < 1.29 is 9.90 Å². The number of nitrogens with one attached hydrogen (secondary N) is 1. The van der Waals surface area contributed by atoms with Gasteiger partial charge in [-0.3, -0.25) is 4.79 Å². The van der Waals surface area contributed by atoms with Crippen LogP contribution < -0.4 is 5.32 Å². The first-order valence-electron chi connectivity index (χ1n) is 7.10. The van der Waals surface area contributed by atoms with E-state index in [1.807, 2.05) is 6.92 Å². The zero-order valence-electron chi connectivity index (χ0n) is 12.6. The van der Waals surface area contributed by atoms with Crippen LogP contribution in [0.15, 0.2) is 29.4 Å². The van der Waals surface area contributed by atoms with Gasteiger partial charge in [0.05, 0.1) is 11.4 Å². The van der Waals surface area contributed by atoms with Crippen LogP contribution in [0.5, 0.6) is 5.75 Å². The molecule has 1 aromatic heterocycles. The van der Waals surface area contributed by atoms with Gasteiger partial charge in [0.15, 0.2) is 0 Å². The molecule has 7 nitrogen and oxygen atoms in total. The second kappa shape index (κ2) is 7.79. The molecule has 1 aromatic carbocycles. The number of thioether (sulfide) groups is 1. The molecule has 0 fully saturated rings. The molecule has 0 aliphatic carbocycles. The Labute approximate surface area is 133 Å². The summed E-state index contributed by atoms with van der Waals surface area (Å²) in [6.07, 6.45) is 2.00. The van der Waals surface area contributed by atoms with Crippen LogP contribution in [0.2, 0.25) is 0 Å². The zero-order chi connectivity index (χ0) is 15.9. The van der Waals surface area contributed by atoms with Crippen molar-refractivity contribution in [1.82, 2.24) is 25.5 Å². The highest BCUT2D eigenvalue weighted by atomic mass is 32.2. The summed E-state index contributed by atoms with van der Waals surface area (Å²) in [6.45, 7) is 4.08. The first-order valence-corrected chi connectivity index (χ1v) is 8.08. The number of carbonyl (C=O) groups excluding carboxylic acids is 1. The molecule has 2 rings (SSSR count). The number of hydrogen-bond acceptors (Lipinski definition) is 6. The first-order chi connectivity index (χ1) is 10.6. The Morgan fingerprint density at radius 3 is 2.82 bits per heavy atom. The molecule has 0 spiro atoms. The van der Waals surface area contributed by atoms with Gasteiger partial charge in [0.2, 0.25) is 11.1 Å². The summed E-state index contributed by atoms with van der Waals surface area (Å²) in [7, 11) is 0. The summed E-state index contributed by atoms with van der Waals surface area (Å²) in [4.78, 5) is 11.9. The van der Waals surface area contributed by atoms with Crippen molar-refractivity contribution in [2.75, 3.05) is 5.75 Å². The molecule has 0 saturated carbocycles. The van der Waals surface area contributed by atoms with Gasteiger partial charge in [0, 0.05) is 6.04 Å². The number of rotatable bonds is 7. The Morgan fingerprint density at radius 2 is 2.14 bits per heavy atom. The summed E-state index contributed by atoms with van der Waals surface area (Å²) in [5, 5.41) is 24.2. The molecule has 8 heteroatoms. The van der Waals surface area contributed by atoms with Crippen molar-refractivity contribution in [2.45, 2.75) is 37.9 Å². The molecule has 1 heterocycles. The monoisotopic (exact) mass is 321 g/mol. The van der Waals surface area contributed by atoms with Crippen molar-refractivity contribution in [2.24, 2.45) is 0 Å². The predicted molar refractivity (Wildman–Crippen MR) is 84.1 cm³/mol. The summed E-state index contributed by atoms with van der Waals surface area (Å²) in [6, 6.07) is 6.71. The molecule has 0 radical (unpaired) electrons. The topological polar surface area (TPSA) is 92.9 Å². The highest BCUT2D eigenvalue weighted by Crippen LogP contribution is 2.19. The molecular weight excluding hydrogens is 302 g/mol. The standard InChI is InChI=1S/C14H19N5O2S/c1-3-4-10(2)15-13(21)9-22-14-16-17-18-19(14)11-5-7-12(20)8-6-11/h5-8,10,20H,3-4,9H2,1-2H3,(H,15,21). The van der Waals surface area contributed by atoms with Gasteiger partial charge in [-0.05, 0) is 48.0 Å². The van der Waals surface area contributed by atoms with E-state index in [2.05, 4.69) is 27.8 Å². The maximum Gasteiger partial charge on any atom is 0.230 e. The van der Waals surface area contributed by atoms with Crippen LogP contribution in [-0.4, -0.2) is 43.0 Å². The third-order valence-corrected chi connectivity index (χ3v) is 3.92. The van der Waals surface area contributed by atoms with Crippen molar-refractivity contribution in [3.63, 3.8) is 0 Å². The van der Waals surface area contributed by atoms with Crippen LogP contribution in [0.25, 0.3) is 5.69 Å². The largest absolute Gasteiger partial charge is 0.508 e. The van der Waals surface area contributed by atoms with Gasteiger partial charge >= 0.3 is 0 Å². The number of tetrazole rings is 1. The summed E-state index contributed by atoms with van der Waals surface area (Å²) >= 11 is 1.27. The maximum atomic E-state index is 11.9. The molecule has 22 heavy (non-hydrogen) atoms. The fourth-order valence-corrected chi connectivity index (χ4v) is 2.68. The highest BCUT2D eigenvalue weighted by Gasteiger charge is 2.12. The lowest BCUT2D eigenvalue weighted by Crippen LogP contribution is -2.33. The SMILES string of the molecule is CCCC(C)NC(=O)CSc1nnnn1-c1ccc(O)cc1. The Morgan fingerprint density at radius 1 is 1.41 bits per heavy atom. The average molecular weight is 321 g/mol. The fourth-order valence-electron chi connectivity index (χ4n) is 1.98. The number of phenolic OH excluding ortho intramolecular Hbond substituents is 1. The average Bonchev–Trinajstić information content (AvgIpc) is 2.94. The minimum absolute atomic E-state index is 0.0359. The fraction of sp³-hybridized carbons (Fsp3) is 0.429. The highest BCUT2D eigenvalue weighted by molar-refractivity contribution is 7.99. The van der Waals surface area contributed by atoms with E-state index in [-0.39, 0.29) is 23.5 Å². The van der Waals surface area contributed by atoms with Crippen LogP contribution in [0.1, 0.15) is 26.7 Å². The number of phenols is 1. The van der Waals surface area contributed by atoms with Gasteiger partial charge in [0.25, 0.3) is 0 Å². The van der Waals surface area contributed by atoms with Gasteiger partial charge in [-0.1, -0.05) is 25.1 Å². The van der Waals surface area contributed by atoms with Gasteiger partial charge in [0.1, 0.15) is 5.75 Å². The lowest BCUT2D eigenvalue weighted by atomic mass is 10.2. The molecule has 1 unspecified atom stereocenters. The minimum Gasteiger partial charge on any atom is -0.508 e. The molecule has 0 aliphatic heterocycles. The molecule has 0 bridgehead atoms. The van der Waals surface area contributed by atoms with Gasteiger partial charge in [-0.25, -0.2) is 0 Å². The molecule has 1 amide bonds. The van der Waals surface area contributed by atoms with E-state index in [9.17, 15) is 9.90 Å². The van der Waals surface area contributed by atoms with E-state index in [4.69, 9.17) is 0 Å². The van der Waals surface area contributed by atoms with Crippen molar-refractivity contribution in [1.29, 1.82) is 0 Å². The van der Waals surface area contributed by atoms with Gasteiger partial charge < -0.3 is 10.4 Å².